The lowest BCUT2D eigenvalue weighted by Gasteiger charge is -2.44. The first kappa shape index (κ1) is 64.1. The predicted molar refractivity (Wildman–Crippen MR) is 370 cm³/mol. The molecule has 0 aliphatic heterocycles. The molecule has 0 amide bonds. The van der Waals surface area contributed by atoms with E-state index in [-0.39, 0.29) is 0 Å². The van der Waals surface area contributed by atoms with E-state index in [1.807, 2.05) is 0 Å². The molecule has 4 nitrogen and oxygen atoms in total. The summed E-state index contributed by atoms with van der Waals surface area (Å²) in [7, 11) is 0. The zero-order valence-electron chi connectivity index (χ0n) is 51.2. The Morgan fingerprint density at radius 3 is 0.535 bits per heavy atom. The number of nitrogens with zero attached hydrogens (tertiary/aromatic N) is 2. The van der Waals surface area contributed by atoms with Gasteiger partial charge in [-0.25, -0.2) is 9.13 Å². The number of hydrogen-bond donors (Lipinski definition) is 2. The Morgan fingerprint density at radius 1 is 0.198 bits per heavy atom. The van der Waals surface area contributed by atoms with E-state index in [4.69, 9.17) is 10.2 Å². The second-order valence-electron chi connectivity index (χ2n) is 23.5. The molecule has 0 aliphatic carbocycles. The lowest BCUT2D eigenvalue weighted by molar-refractivity contribution is -0.697. The first-order valence-electron chi connectivity index (χ1n) is 32.6. The molecule has 0 saturated carbocycles. The zero-order valence-corrected chi connectivity index (χ0v) is 51.2. The zero-order chi connectivity index (χ0) is 59.4. The van der Waals surface area contributed by atoms with Crippen LogP contribution < -0.4 is 52.8 Å². The van der Waals surface area contributed by atoms with E-state index in [1.165, 1.54) is 158 Å². The molecule has 0 fully saturated rings. The number of pyridine rings is 2. The van der Waals surface area contributed by atoms with Crippen molar-refractivity contribution in [3.05, 3.63) is 292 Å². The van der Waals surface area contributed by atoms with E-state index in [1.54, 1.807) is 0 Å². The van der Waals surface area contributed by atoms with Gasteiger partial charge in [0.05, 0.1) is 0 Å². The molecule has 0 bridgehead atoms. The predicted octanol–water partition coefficient (Wildman–Crippen LogP) is 13.1. The Bertz CT molecular complexity index is 2750. The highest BCUT2D eigenvalue weighted by atomic mass is 16.3. The fourth-order valence-electron chi connectivity index (χ4n) is 13.1. The molecule has 0 saturated heterocycles. The summed E-state index contributed by atoms with van der Waals surface area (Å²) in [6, 6.07) is 96.0. The summed E-state index contributed by atoms with van der Waals surface area (Å²) in [6.45, 7) is 2.91. The number of aliphatic hydroxyl groups excluding tert-OH is 2. The Hall–Kier alpha value is -7.89. The first-order valence-corrected chi connectivity index (χ1v) is 32.6. The molecule has 0 spiro atoms. The van der Waals surface area contributed by atoms with Crippen molar-refractivity contribution in [2.45, 2.75) is 129 Å². The van der Waals surface area contributed by atoms with Gasteiger partial charge in [-0.15, -0.1) is 0 Å². The first-order chi connectivity index (χ1) is 42.7. The summed E-state index contributed by atoms with van der Waals surface area (Å²) in [4.78, 5) is 0. The average molecular weight is 1140 g/mol. The second kappa shape index (κ2) is 36.8. The third kappa shape index (κ3) is 18.6. The lowest BCUT2D eigenvalue weighted by atomic mass is 9.13. The van der Waals surface area contributed by atoms with Gasteiger partial charge in [0, 0.05) is 50.3 Å². The van der Waals surface area contributed by atoms with Gasteiger partial charge >= 0.3 is 0 Å². The molecule has 442 valence electrons. The number of aryl methyl sites for hydroxylation is 2. The largest absolute Gasteiger partial charge is 0.396 e. The van der Waals surface area contributed by atoms with Gasteiger partial charge in [0.25, 0.3) is 0 Å². The topological polar surface area (TPSA) is 48.2 Å². The number of unbranched alkanes of at least 4 members (excludes halogenated alkanes) is 16. The number of rotatable bonds is 31. The summed E-state index contributed by atoms with van der Waals surface area (Å²) in [5, 5.41) is 17.6. The smallest absolute Gasteiger partial charge is 0.169 e. The van der Waals surface area contributed by atoms with Gasteiger partial charge in [-0.1, -0.05) is 320 Å². The molecule has 86 heavy (non-hydrogen) atoms. The van der Waals surface area contributed by atoms with Crippen molar-refractivity contribution in [2.24, 2.45) is 0 Å². The van der Waals surface area contributed by atoms with Crippen LogP contribution in [0.1, 0.15) is 116 Å². The fourth-order valence-corrected chi connectivity index (χ4v) is 13.1. The van der Waals surface area contributed by atoms with E-state index in [0.717, 1.165) is 25.9 Å². The minimum atomic E-state index is -1.22. The molecule has 10 rings (SSSR count). The maximum Gasteiger partial charge on any atom is 0.169 e. The van der Waals surface area contributed by atoms with Crippen LogP contribution in [-0.2, 0) is 13.1 Å². The molecule has 2 heterocycles. The van der Waals surface area contributed by atoms with Crippen molar-refractivity contribution in [2.75, 3.05) is 13.2 Å². The van der Waals surface area contributed by atoms with Crippen molar-refractivity contribution in [3.8, 4) is 11.1 Å². The summed E-state index contributed by atoms with van der Waals surface area (Å²) < 4.78 is 4.63. The molecule has 2 N–H and O–H groups in total. The van der Waals surface area contributed by atoms with Crippen molar-refractivity contribution in [3.63, 3.8) is 0 Å². The standard InChI is InChI=1S/C32H54N2O2.2C24H20B/c35-29-17-13-9-5-1-3-7-11-15-23-33-25-19-31(20-26-33)32-21-27-34(28-22-32)24-16-12-8-4-2-6-10-14-18-30-36;2*1-5-13-21(14-6-1)25(22-15-7-2-8-16-22,23-17-9-3-10-18-23)24-19-11-4-12-20-24/h19-22,25-28,35-36H,1-18,23-24,29-30H2;2*1-20H/q+2;2*-1. The van der Waals surface area contributed by atoms with Crippen molar-refractivity contribution < 1.29 is 19.3 Å². The normalized spacial score (nSPS) is 11.2. The summed E-state index contributed by atoms with van der Waals surface area (Å²) >= 11 is 0. The van der Waals surface area contributed by atoms with Gasteiger partial charge in [-0.2, -0.15) is 43.7 Å². The number of aromatic nitrogens is 2. The van der Waals surface area contributed by atoms with E-state index in [9.17, 15) is 0 Å². The highest BCUT2D eigenvalue weighted by Crippen LogP contribution is 2.17. The van der Waals surface area contributed by atoms with E-state index in [0.29, 0.717) is 13.2 Å². The monoisotopic (exact) mass is 1140 g/mol. The molecule has 2 aromatic heterocycles. The van der Waals surface area contributed by atoms with Crippen LogP contribution in [0.5, 0.6) is 0 Å². The Labute approximate surface area is 517 Å². The minimum Gasteiger partial charge on any atom is -0.396 e. The van der Waals surface area contributed by atoms with Crippen molar-refractivity contribution in [1.29, 1.82) is 0 Å². The fraction of sp³-hybridized carbons (Fsp3) is 0.275. The molecule has 0 radical (unpaired) electrons. The molecular formula is C80H94B2N2O2. The SMILES string of the molecule is OCCCCCCCCCCC[n+]1ccc(-c2cc[n+](CCCCCCCCCCCO)cc2)cc1.c1ccc([B-](c2ccccc2)(c2ccccc2)c2ccccc2)cc1.c1ccc([B-](c2ccccc2)(c2ccccc2)c2ccccc2)cc1. The molecule has 10 aromatic rings. The van der Waals surface area contributed by atoms with Gasteiger partial charge < -0.3 is 10.2 Å². The minimum absolute atomic E-state index is 0.347. The van der Waals surface area contributed by atoms with Crippen LogP contribution in [0.15, 0.2) is 292 Å². The number of benzene rings is 8. The summed E-state index contributed by atoms with van der Waals surface area (Å²) in [6.07, 6.45) is 29.2. The lowest BCUT2D eigenvalue weighted by Crippen LogP contribution is -2.74. The van der Waals surface area contributed by atoms with E-state index < -0.39 is 12.3 Å². The third-order valence-electron chi connectivity index (χ3n) is 17.7. The van der Waals surface area contributed by atoms with Crippen molar-refractivity contribution in [1.82, 2.24) is 0 Å². The average Bonchev–Trinajstić information content (AvgIpc) is 1.31. The van der Waals surface area contributed by atoms with Crippen LogP contribution in [-0.4, -0.2) is 35.7 Å². The van der Waals surface area contributed by atoms with Gasteiger partial charge in [-0.3, -0.25) is 0 Å². The Balaban J connectivity index is 0.000000171. The highest BCUT2D eigenvalue weighted by Gasteiger charge is 2.32. The van der Waals surface area contributed by atoms with Gasteiger partial charge in [0.15, 0.2) is 24.8 Å². The van der Waals surface area contributed by atoms with Gasteiger partial charge in [0.2, 0.25) is 0 Å². The van der Waals surface area contributed by atoms with Crippen LogP contribution in [0.2, 0.25) is 0 Å². The second-order valence-corrected chi connectivity index (χ2v) is 23.5. The molecule has 8 aromatic carbocycles. The molecule has 0 unspecified atom stereocenters. The number of hydrogen-bond acceptors (Lipinski definition) is 2. The summed E-state index contributed by atoms with van der Waals surface area (Å²) in [5.74, 6) is 0. The van der Waals surface area contributed by atoms with Crippen LogP contribution in [0, 0.1) is 0 Å². The van der Waals surface area contributed by atoms with E-state index >= 15 is 0 Å². The Kier molecular flexibility index (Phi) is 27.5. The van der Waals surface area contributed by atoms with Crippen LogP contribution in [0.25, 0.3) is 11.1 Å². The van der Waals surface area contributed by atoms with Gasteiger partial charge in [-0.05, 0) is 36.8 Å². The highest BCUT2D eigenvalue weighted by molar-refractivity contribution is 7.20. The molecule has 0 atom stereocenters. The Morgan fingerprint density at radius 2 is 0.360 bits per heavy atom. The third-order valence-corrected chi connectivity index (χ3v) is 17.7. The number of aliphatic hydroxyl groups is 2. The molecule has 6 heteroatoms. The van der Waals surface area contributed by atoms with E-state index in [2.05, 4.69) is 301 Å². The maximum absolute atomic E-state index is 8.81. The maximum atomic E-state index is 8.81. The summed E-state index contributed by atoms with van der Waals surface area (Å²) in [5.41, 5.74) is 13.3. The molecular weight excluding hydrogens is 1040 g/mol. The van der Waals surface area contributed by atoms with Crippen molar-refractivity contribution >= 4 is 56.0 Å². The van der Waals surface area contributed by atoms with Gasteiger partial charge in [0.1, 0.15) is 25.4 Å². The van der Waals surface area contributed by atoms with Crippen LogP contribution in [0.4, 0.5) is 0 Å². The quantitative estimate of drug-likeness (QED) is 0.0258. The van der Waals surface area contributed by atoms with Crippen LogP contribution in [0.3, 0.4) is 0 Å². The van der Waals surface area contributed by atoms with Crippen LogP contribution >= 0.6 is 0 Å². The molecule has 0 aliphatic rings.